The van der Waals surface area contributed by atoms with Crippen molar-refractivity contribution < 1.29 is 18.5 Å². The highest BCUT2D eigenvalue weighted by Crippen LogP contribution is 2.36. The van der Waals surface area contributed by atoms with Gasteiger partial charge in [-0.2, -0.15) is 4.98 Å². The zero-order chi connectivity index (χ0) is 17.1. The molecule has 0 aromatic carbocycles. The maximum atomic E-state index is 12.7. The summed E-state index contributed by atoms with van der Waals surface area (Å²) in [5.41, 5.74) is -0.0666. The van der Waals surface area contributed by atoms with Gasteiger partial charge in [-0.05, 0) is 25.3 Å². The molecule has 2 aliphatic rings. The van der Waals surface area contributed by atoms with E-state index in [2.05, 4.69) is 15.5 Å². The van der Waals surface area contributed by atoms with Gasteiger partial charge in [0.25, 0.3) is 5.91 Å². The Bertz CT molecular complexity index is 696. The number of ether oxygens (including phenoxy) is 1. The average Bonchev–Trinajstić information content (AvgIpc) is 3.36. The predicted molar refractivity (Wildman–Crippen MR) is 88.0 cm³/mol. The fraction of sp³-hybridized carbons (Fsp3) is 0.611. The first-order valence-electron chi connectivity index (χ1n) is 9.03. The number of amides is 1. The standard InChI is InChI=1S/C18H23N3O4/c22-15(13-5-9-23-11-13)20-18(7-3-1-2-4-8-18)17-19-16(25-21-17)14-6-10-24-12-14/h5,9,11,14H,1-4,6-8,10,12H2,(H,20,22)/t14-/m1/s1. The van der Waals surface area contributed by atoms with Gasteiger partial charge in [-0.3, -0.25) is 4.79 Å². The van der Waals surface area contributed by atoms with Crippen LogP contribution in [0, 0.1) is 0 Å². The van der Waals surface area contributed by atoms with Crippen molar-refractivity contribution in [2.45, 2.75) is 56.4 Å². The van der Waals surface area contributed by atoms with Crippen molar-refractivity contribution in [2.75, 3.05) is 13.2 Å². The predicted octanol–water partition coefficient (Wildman–Crippen LogP) is 3.15. The third-order valence-corrected chi connectivity index (χ3v) is 5.24. The lowest BCUT2D eigenvalue weighted by Gasteiger charge is -2.30. The molecule has 2 aromatic heterocycles. The largest absolute Gasteiger partial charge is 0.472 e. The van der Waals surface area contributed by atoms with E-state index in [-0.39, 0.29) is 11.8 Å². The van der Waals surface area contributed by atoms with Crippen molar-refractivity contribution in [3.8, 4) is 0 Å². The minimum Gasteiger partial charge on any atom is -0.472 e. The van der Waals surface area contributed by atoms with Crippen LogP contribution in [-0.4, -0.2) is 29.3 Å². The lowest BCUT2D eigenvalue weighted by molar-refractivity contribution is 0.0876. The van der Waals surface area contributed by atoms with E-state index in [1.54, 1.807) is 6.07 Å². The SMILES string of the molecule is O=C(NC1(c2noc([C@@H]3CCOC3)n2)CCCCCC1)c1ccoc1. The second kappa shape index (κ2) is 7.00. The molecule has 2 fully saturated rings. The quantitative estimate of drug-likeness (QED) is 0.856. The van der Waals surface area contributed by atoms with Crippen LogP contribution in [0.25, 0.3) is 0 Å². The summed E-state index contributed by atoms with van der Waals surface area (Å²) < 4.78 is 16.0. The van der Waals surface area contributed by atoms with E-state index in [0.717, 1.165) is 51.6 Å². The van der Waals surface area contributed by atoms with Gasteiger partial charge in [0.05, 0.1) is 24.4 Å². The van der Waals surface area contributed by atoms with E-state index >= 15 is 0 Å². The zero-order valence-electron chi connectivity index (χ0n) is 14.2. The summed E-state index contributed by atoms with van der Waals surface area (Å²) in [5.74, 6) is 1.21. The highest BCUT2D eigenvalue weighted by Gasteiger charge is 2.40. The molecular formula is C18H23N3O4. The second-order valence-corrected chi connectivity index (χ2v) is 6.98. The third-order valence-electron chi connectivity index (χ3n) is 5.24. The normalized spacial score (nSPS) is 23.3. The van der Waals surface area contributed by atoms with Gasteiger partial charge in [0.2, 0.25) is 5.89 Å². The Hall–Kier alpha value is -2.15. The number of nitrogens with zero attached hydrogens (tertiary/aromatic N) is 2. The van der Waals surface area contributed by atoms with Gasteiger partial charge in [-0.15, -0.1) is 0 Å². The number of rotatable bonds is 4. The van der Waals surface area contributed by atoms with E-state index in [0.29, 0.717) is 23.9 Å². The molecule has 0 spiro atoms. The van der Waals surface area contributed by atoms with Crippen molar-refractivity contribution in [3.63, 3.8) is 0 Å². The van der Waals surface area contributed by atoms with Crippen LogP contribution in [0.1, 0.15) is 72.9 Å². The van der Waals surface area contributed by atoms with E-state index in [1.165, 1.54) is 12.5 Å². The molecule has 0 bridgehead atoms. The van der Waals surface area contributed by atoms with Crippen LogP contribution in [0.15, 0.2) is 27.5 Å². The smallest absolute Gasteiger partial charge is 0.255 e. The fourth-order valence-corrected chi connectivity index (χ4v) is 3.74. The molecule has 1 amide bonds. The van der Waals surface area contributed by atoms with Crippen molar-refractivity contribution >= 4 is 5.91 Å². The summed E-state index contributed by atoms with van der Waals surface area (Å²) in [7, 11) is 0. The molecule has 7 nitrogen and oxygen atoms in total. The van der Waals surface area contributed by atoms with Gasteiger partial charge in [-0.1, -0.05) is 30.8 Å². The number of carbonyl (C=O) groups is 1. The van der Waals surface area contributed by atoms with Crippen LogP contribution in [-0.2, 0) is 10.3 Å². The Balaban J connectivity index is 1.62. The third kappa shape index (κ3) is 3.33. The molecule has 4 rings (SSSR count). The molecule has 2 aromatic rings. The zero-order valence-corrected chi connectivity index (χ0v) is 14.2. The van der Waals surface area contributed by atoms with Crippen molar-refractivity contribution in [2.24, 2.45) is 0 Å². The Morgan fingerprint density at radius 3 is 2.76 bits per heavy atom. The number of furan rings is 1. The summed E-state index contributed by atoms with van der Waals surface area (Å²) in [6.07, 6.45) is 9.86. The van der Waals surface area contributed by atoms with Gasteiger partial charge in [-0.25, -0.2) is 0 Å². The molecule has 1 N–H and O–H groups in total. The van der Waals surface area contributed by atoms with E-state index in [1.807, 2.05) is 0 Å². The van der Waals surface area contributed by atoms with Crippen LogP contribution < -0.4 is 5.32 Å². The fourth-order valence-electron chi connectivity index (χ4n) is 3.74. The lowest BCUT2D eigenvalue weighted by atomic mass is 9.88. The maximum absolute atomic E-state index is 12.7. The monoisotopic (exact) mass is 345 g/mol. The lowest BCUT2D eigenvalue weighted by Crippen LogP contribution is -2.46. The molecule has 7 heteroatoms. The summed E-state index contributed by atoms with van der Waals surface area (Å²) >= 11 is 0. The summed E-state index contributed by atoms with van der Waals surface area (Å²) in [4.78, 5) is 17.3. The molecule has 25 heavy (non-hydrogen) atoms. The Labute approximate surface area is 146 Å². The van der Waals surface area contributed by atoms with Crippen LogP contribution in [0.2, 0.25) is 0 Å². The van der Waals surface area contributed by atoms with Crippen molar-refractivity contribution in [3.05, 3.63) is 35.9 Å². The van der Waals surface area contributed by atoms with Crippen LogP contribution in [0.5, 0.6) is 0 Å². The highest BCUT2D eigenvalue weighted by molar-refractivity contribution is 5.94. The van der Waals surface area contributed by atoms with Crippen molar-refractivity contribution in [1.82, 2.24) is 15.5 Å². The number of carbonyl (C=O) groups excluding carboxylic acids is 1. The average molecular weight is 345 g/mol. The first kappa shape index (κ1) is 16.3. The molecule has 1 atom stereocenters. The molecule has 134 valence electrons. The minimum absolute atomic E-state index is 0.161. The summed E-state index contributed by atoms with van der Waals surface area (Å²) in [6, 6.07) is 1.66. The van der Waals surface area contributed by atoms with Gasteiger partial charge in [0, 0.05) is 6.61 Å². The number of nitrogens with one attached hydrogen (secondary N) is 1. The minimum atomic E-state index is -0.577. The molecule has 1 aliphatic carbocycles. The Kier molecular flexibility index (Phi) is 4.57. The molecule has 0 radical (unpaired) electrons. The first-order chi connectivity index (χ1) is 12.3. The molecular weight excluding hydrogens is 322 g/mol. The molecule has 1 saturated heterocycles. The van der Waals surface area contributed by atoms with Crippen LogP contribution >= 0.6 is 0 Å². The van der Waals surface area contributed by atoms with Gasteiger partial charge in [0.15, 0.2) is 5.82 Å². The van der Waals surface area contributed by atoms with E-state index in [4.69, 9.17) is 13.7 Å². The Morgan fingerprint density at radius 1 is 1.24 bits per heavy atom. The molecule has 1 saturated carbocycles. The molecule has 3 heterocycles. The summed E-state index contributed by atoms with van der Waals surface area (Å²) in [6.45, 7) is 1.35. The number of aromatic nitrogens is 2. The van der Waals surface area contributed by atoms with E-state index < -0.39 is 5.54 Å². The van der Waals surface area contributed by atoms with Crippen molar-refractivity contribution in [1.29, 1.82) is 0 Å². The van der Waals surface area contributed by atoms with Crippen LogP contribution in [0.4, 0.5) is 0 Å². The van der Waals surface area contributed by atoms with Gasteiger partial charge >= 0.3 is 0 Å². The summed E-state index contributed by atoms with van der Waals surface area (Å²) in [5, 5.41) is 7.43. The molecule has 0 unspecified atom stereocenters. The topological polar surface area (TPSA) is 90.4 Å². The highest BCUT2D eigenvalue weighted by atomic mass is 16.5. The van der Waals surface area contributed by atoms with Gasteiger partial charge < -0.3 is 19.0 Å². The van der Waals surface area contributed by atoms with E-state index in [9.17, 15) is 4.79 Å². The van der Waals surface area contributed by atoms with Gasteiger partial charge in [0.1, 0.15) is 11.8 Å². The number of hydrogen-bond donors (Lipinski definition) is 1. The molecule has 1 aliphatic heterocycles. The maximum Gasteiger partial charge on any atom is 0.255 e. The number of hydrogen-bond acceptors (Lipinski definition) is 6. The second-order valence-electron chi connectivity index (χ2n) is 6.98. The van der Waals surface area contributed by atoms with Crippen LogP contribution in [0.3, 0.4) is 0 Å². The Morgan fingerprint density at radius 2 is 2.08 bits per heavy atom. The first-order valence-corrected chi connectivity index (χ1v) is 9.03.